The molecule has 0 radical (unpaired) electrons. The lowest BCUT2D eigenvalue weighted by atomic mass is 10.2. The zero-order valence-corrected chi connectivity index (χ0v) is 9.61. The minimum atomic E-state index is -3.56. The molecule has 9 heteroatoms. The van der Waals surface area contributed by atoms with Crippen molar-refractivity contribution < 1.29 is 19.0 Å². The van der Waals surface area contributed by atoms with Crippen LogP contribution < -0.4 is 5.73 Å². The molecule has 0 aliphatic heterocycles. The van der Waals surface area contributed by atoms with E-state index in [1.165, 1.54) is 17.2 Å². The van der Waals surface area contributed by atoms with Gasteiger partial charge in [0, 0.05) is 6.42 Å². The summed E-state index contributed by atoms with van der Waals surface area (Å²) in [5.41, 5.74) is 6.13. The fraction of sp³-hybridized carbons (Fsp3) is 0.500. The lowest BCUT2D eigenvalue weighted by Gasteiger charge is -2.20. The van der Waals surface area contributed by atoms with Crippen molar-refractivity contribution in [3.63, 3.8) is 0 Å². The van der Waals surface area contributed by atoms with Crippen molar-refractivity contribution in [3.8, 4) is 0 Å². The van der Waals surface area contributed by atoms with Crippen LogP contribution in [0.5, 0.6) is 0 Å². The fourth-order valence-corrected chi connectivity index (χ4v) is 2.35. The summed E-state index contributed by atoms with van der Waals surface area (Å²) >= 11 is 0. The van der Waals surface area contributed by atoms with Crippen molar-refractivity contribution >= 4 is 17.0 Å². The molecule has 19 heavy (non-hydrogen) atoms. The standard InChI is InChI=1S/C10H11F2N5O2/c11-10(12)5(18)1-4(7(10)19)17-3-16-6-8(13)14-2-15-9(6)17/h2-5,7,18-19H,1H2,(H2,13,14,15)/t4-,5+,7+/m1/s1. The van der Waals surface area contributed by atoms with E-state index in [0.717, 1.165) is 0 Å². The normalized spacial score (nSPS) is 30.0. The van der Waals surface area contributed by atoms with Crippen LogP contribution in [0.4, 0.5) is 14.6 Å². The Balaban J connectivity index is 2.09. The predicted octanol–water partition coefficient (Wildman–Crippen LogP) is -0.290. The molecule has 2 aromatic heterocycles. The van der Waals surface area contributed by atoms with Crippen LogP contribution in [-0.4, -0.2) is 47.9 Å². The molecule has 0 bridgehead atoms. The van der Waals surface area contributed by atoms with E-state index in [2.05, 4.69) is 15.0 Å². The molecule has 2 heterocycles. The molecule has 7 nitrogen and oxygen atoms in total. The van der Waals surface area contributed by atoms with Crippen LogP contribution in [0.3, 0.4) is 0 Å². The zero-order valence-electron chi connectivity index (χ0n) is 9.61. The van der Waals surface area contributed by atoms with Gasteiger partial charge in [-0.05, 0) is 0 Å². The number of aliphatic hydroxyl groups excluding tert-OH is 2. The molecular formula is C10H11F2N5O2. The Hall–Kier alpha value is -1.87. The summed E-state index contributed by atoms with van der Waals surface area (Å²) in [6, 6.07) is -1.01. The molecule has 0 aromatic carbocycles. The summed E-state index contributed by atoms with van der Waals surface area (Å²) in [6.07, 6.45) is -1.74. The van der Waals surface area contributed by atoms with Crippen molar-refractivity contribution in [2.75, 3.05) is 5.73 Å². The fourth-order valence-electron chi connectivity index (χ4n) is 2.35. The minimum Gasteiger partial charge on any atom is -0.387 e. The van der Waals surface area contributed by atoms with Crippen LogP contribution in [0.15, 0.2) is 12.7 Å². The first kappa shape index (κ1) is 12.2. The topological polar surface area (TPSA) is 110 Å². The van der Waals surface area contributed by atoms with Gasteiger partial charge in [-0.15, -0.1) is 0 Å². The maximum Gasteiger partial charge on any atom is 0.300 e. The first-order valence-electron chi connectivity index (χ1n) is 5.60. The number of nitrogen functional groups attached to an aromatic ring is 1. The Bertz CT molecular complexity index is 631. The van der Waals surface area contributed by atoms with Crippen molar-refractivity contribution in [1.29, 1.82) is 0 Å². The van der Waals surface area contributed by atoms with E-state index < -0.39 is 24.2 Å². The van der Waals surface area contributed by atoms with Gasteiger partial charge >= 0.3 is 5.92 Å². The molecule has 0 amide bonds. The van der Waals surface area contributed by atoms with Gasteiger partial charge in [0.05, 0.1) is 12.4 Å². The minimum absolute atomic E-state index is 0.128. The molecule has 0 unspecified atom stereocenters. The summed E-state index contributed by atoms with van der Waals surface area (Å²) in [5, 5.41) is 19.0. The molecule has 1 saturated carbocycles. The van der Waals surface area contributed by atoms with E-state index >= 15 is 0 Å². The second-order valence-corrected chi connectivity index (χ2v) is 4.52. The summed E-state index contributed by atoms with van der Waals surface area (Å²) in [5.74, 6) is -3.43. The third kappa shape index (κ3) is 1.58. The maximum absolute atomic E-state index is 13.5. The van der Waals surface area contributed by atoms with Crippen LogP contribution >= 0.6 is 0 Å². The maximum atomic E-state index is 13.5. The first-order valence-corrected chi connectivity index (χ1v) is 5.60. The second-order valence-electron chi connectivity index (χ2n) is 4.52. The second kappa shape index (κ2) is 3.81. The Morgan fingerprint density at radius 2 is 2.05 bits per heavy atom. The molecule has 1 aliphatic carbocycles. The number of alkyl halides is 2. The molecular weight excluding hydrogens is 260 g/mol. The number of nitrogens with two attached hydrogens (primary N) is 1. The van der Waals surface area contributed by atoms with Crippen molar-refractivity contribution in [1.82, 2.24) is 19.5 Å². The van der Waals surface area contributed by atoms with E-state index in [1.807, 2.05) is 0 Å². The summed E-state index contributed by atoms with van der Waals surface area (Å²) < 4.78 is 28.2. The van der Waals surface area contributed by atoms with E-state index in [-0.39, 0.29) is 23.4 Å². The average Bonchev–Trinajstić information content (AvgIpc) is 2.86. The highest BCUT2D eigenvalue weighted by Gasteiger charge is 2.57. The molecule has 102 valence electrons. The van der Waals surface area contributed by atoms with Gasteiger partial charge in [0.15, 0.2) is 11.5 Å². The van der Waals surface area contributed by atoms with Crippen LogP contribution in [0.25, 0.3) is 11.2 Å². The summed E-state index contributed by atoms with van der Waals surface area (Å²) in [7, 11) is 0. The van der Waals surface area contributed by atoms with E-state index in [9.17, 15) is 19.0 Å². The van der Waals surface area contributed by atoms with Gasteiger partial charge in [-0.3, -0.25) is 0 Å². The molecule has 1 fully saturated rings. The Morgan fingerprint density at radius 1 is 1.32 bits per heavy atom. The number of anilines is 1. The Labute approximate surface area is 105 Å². The van der Waals surface area contributed by atoms with Gasteiger partial charge in [-0.25, -0.2) is 23.7 Å². The third-order valence-electron chi connectivity index (χ3n) is 3.41. The number of halogens is 2. The number of imidazole rings is 1. The smallest absolute Gasteiger partial charge is 0.300 e. The van der Waals surface area contributed by atoms with Gasteiger partial charge in [0.2, 0.25) is 0 Å². The largest absolute Gasteiger partial charge is 0.387 e. The highest BCUT2D eigenvalue weighted by Crippen LogP contribution is 2.43. The number of aromatic nitrogens is 4. The van der Waals surface area contributed by atoms with Gasteiger partial charge in [-0.2, -0.15) is 0 Å². The molecule has 4 N–H and O–H groups in total. The number of hydrogen-bond donors (Lipinski definition) is 3. The molecule has 0 spiro atoms. The average molecular weight is 271 g/mol. The van der Waals surface area contributed by atoms with Gasteiger partial charge in [-0.1, -0.05) is 0 Å². The molecule has 3 rings (SSSR count). The third-order valence-corrected chi connectivity index (χ3v) is 3.41. The summed E-state index contributed by atoms with van der Waals surface area (Å²) in [4.78, 5) is 11.6. The molecule has 0 saturated heterocycles. The van der Waals surface area contributed by atoms with Crippen molar-refractivity contribution in [2.45, 2.75) is 30.6 Å². The predicted molar refractivity (Wildman–Crippen MR) is 60.4 cm³/mol. The number of nitrogens with zero attached hydrogens (tertiary/aromatic N) is 4. The van der Waals surface area contributed by atoms with Crippen LogP contribution in [0.1, 0.15) is 12.5 Å². The number of fused-ring (bicyclic) bond motifs is 1. The SMILES string of the molecule is Nc1ncnc2c1ncn2[C@@H]1C[C@H](O)C(F)(F)[C@H]1O. The molecule has 3 atom stereocenters. The van der Waals surface area contributed by atoms with Crippen LogP contribution in [0, 0.1) is 0 Å². The number of hydrogen-bond acceptors (Lipinski definition) is 6. The molecule has 1 aliphatic rings. The Morgan fingerprint density at radius 3 is 2.68 bits per heavy atom. The zero-order chi connectivity index (χ0) is 13.8. The lowest BCUT2D eigenvalue weighted by Crippen LogP contribution is -2.38. The van der Waals surface area contributed by atoms with Crippen molar-refractivity contribution in [3.05, 3.63) is 12.7 Å². The number of aliphatic hydroxyl groups is 2. The van der Waals surface area contributed by atoms with Gasteiger partial charge < -0.3 is 20.5 Å². The first-order chi connectivity index (χ1) is 8.93. The highest BCUT2D eigenvalue weighted by atomic mass is 19.3. The van der Waals surface area contributed by atoms with Gasteiger partial charge in [0.25, 0.3) is 0 Å². The van der Waals surface area contributed by atoms with E-state index in [0.29, 0.717) is 0 Å². The van der Waals surface area contributed by atoms with E-state index in [4.69, 9.17) is 5.73 Å². The number of rotatable bonds is 1. The monoisotopic (exact) mass is 271 g/mol. The highest BCUT2D eigenvalue weighted by molar-refractivity contribution is 5.81. The quantitative estimate of drug-likeness (QED) is 0.657. The van der Waals surface area contributed by atoms with Crippen molar-refractivity contribution in [2.24, 2.45) is 0 Å². The Kier molecular flexibility index (Phi) is 2.44. The molecule has 2 aromatic rings. The van der Waals surface area contributed by atoms with Crippen LogP contribution in [0.2, 0.25) is 0 Å². The van der Waals surface area contributed by atoms with E-state index in [1.54, 1.807) is 0 Å². The lowest BCUT2D eigenvalue weighted by molar-refractivity contribution is -0.147. The van der Waals surface area contributed by atoms with Crippen LogP contribution in [-0.2, 0) is 0 Å². The van der Waals surface area contributed by atoms with Gasteiger partial charge in [0.1, 0.15) is 24.1 Å². The summed E-state index contributed by atoms with van der Waals surface area (Å²) in [6.45, 7) is 0.